The zero-order valence-electron chi connectivity index (χ0n) is 16.0. The fraction of sp³-hybridized carbons (Fsp3) is 0.263. The Morgan fingerprint density at radius 1 is 1.26 bits per heavy atom. The molecule has 1 N–H and O–H groups in total. The van der Waals surface area contributed by atoms with E-state index in [-0.39, 0.29) is 5.75 Å². The van der Waals surface area contributed by atoms with Crippen LogP contribution in [0.25, 0.3) is 0 Å². The number of benzene rings is 1. The minimum absolute atomic E-state index is 0.275. The molecule has 3 rings (SSSR count). The molecular formula is C19H15BrF5N3O2S. The van der Waals surface area contributed by atoms with Crippen LogP contribution in [-0.2, 0) is 13.2 Å². The first-order valence-corrected chi connectivity index (χ1v) is 10.3. The van der Waals surface area contributed by atoms with Gasteiger partial charge in [0.05, 0.1) is 15.4 Å². The Kier molecular flexibility index (Phi) is 6.70. The van der Waals surface area contributed by atoms with Crippen LogP contribution in [0.1, 0.15) is 45.9 Å². The molecule has 3 aromatic rings. The molecule has 0 spiro atoms. The van der Waals surface area contributed by atoms with Gasteiger partial charge in [-0.05, 0) is 53.2 Å². The van der Waals surface area contributed by atoms with Crippen molar-refractivity contribution in [1.82, 2.24) is 15.1 Å². The van der Waals surface area contributed by atoms with E-state index in [1.807, 2.05) is 0 Å². The van der Waals surface area contributed by atoms with Crippen LogP contribution in [0, 0.1) is 0 Å². The van der Waals surface area contributed by atoms with Gasteiger partial charge in [0.1, 0.15) is 17.0 Å². The second-order valence-electron chi connectivity index (χ2n) is 6.45. The number of ether oxygens (including phenoxy) is 1. The van der Waals surface area contributed by atoms with E-state index in [9.17, 15) is 26.7 Å². The van der Waals surface area contributed by atoms with Crippen molar-refractivity contribution in [2.75, 3.05) is 0 Å². The van der Waals surface area contributed by atoms with Gasteiger partial charge in [-0.2, -0.15) is 18.3 Å². The van der Waals surface area contributed by atoms with E-state index < -0.39 is 47.3 Å². The van der Waals surface area contributed by atoms with Crippen LogP contribution >= 0.6 is 27.3 Å². The minimum Gasteiger partial charge on any atom is -0.438 e. The molecule has 2 aromatic heterocycles. The molecule has 2 heterocycles. The summed E-state index contributed by atoms with van der Waals surface area (Å²) in [6.45, 7) is 1.67. The van der Waals surface area contributed by atoms with Gasteiger partial charge in [-0.15, -0.1) is 11.3 Å². The summed E-state index contributed by atoms with van der Waals surface area (Å²) in [5.74, 6) is -1.56. The lowest BCUT2D eigenvalue weighted by Crippen LogP contribution is -2.27. The highest BCUT2D eigenvalue weighted by Gasteiger charge is 2.33. The van der Waals surface area contributed by atoms with Gasteiger partial charge < -0.3 is 10.1 Å². The fourth-order valence-electron chi connectivity index (χ4n) is 2.76. The third kappa shape index (κ3) is 5.24. The lowest BCUT2D eigenvalue weighted by atomic mass is 10.2. The third-order valence-corrected chi connectivity index (χ3v) is 6.01. The summed E-state index contributed by atoms with van der Waals surface area (Å²) in [6, 6.07) is 6.90. The van der Waals surface area contributed by atoms with Crippen LogP contribution in [0.15, 0.2) is 40.2 Å². The van der Waals surface area contributed by atoms with Gasteiger partial charge in [0, 0.05) is 11.9 Å². The summed E-state index contributed by atoms with van der Waals surface area (Å²) in [5.41, 5.74) is -2.36. The van der Waals surface area contributed by atoms with E-state index in [2.05, 4.69) is 26.3 Å². The molecular weight excluding hydrogens is 509 g/mol. The maximum Gasteiger partial charge on any atom is 0.416 e. The number of aryl methyl sites for hydroxylation is 1. The molecule has 0 aliphatic rings. The van der Waals surface area contributed by atoms with Gasteiger partial charge in [0.25, 0.3) is 12.3 Å². The molecule has 0 bridgehead atoms. The molecule has 1 aromatic carbocycles. The maximum absolute atomic E-state index is 13.5. The molecule has 0 saturated carbocycles. The summed E-state index contributed by atoms with van der Waals surface area (Å²) in [7, 11) is 1.26. The molecule has 0 saturated heterocycles. The van der Waals surface area contributed by atoms with Crippen LogP contribution in [0.5, 0.6) is 11.6 Å². The van der Waals surface area contributed by atoms with Gasteiger partial charge in [-0.25, -0.2) is 13.5 Å². The number of aromatic nitrogens is 2. The predicted octanol–water partition coefficient (Wildman–Crippen LogP) is 6.48. The Morgan fingerprint density at radius 3 is 2.55 bits per heavy atom. The normalized spacial score (nSPS) is 12.8. The Hall–Kier alpha value is -2.47. The molecule has 0 aliphatic heterocycles. The van der Waals surface area contributed by atoms with E-state index >= 15 is 0 Å². The number of halogens is 6. The number of rotatable bonds is 6. The van der Waals surface area contributed by atoms with Crippen molar-refractivity contribution in [2.24, 2.45) is 7.05 Å². The van der Waals surface area contributed by atoms with E-state index in [0.717, 1.165) is 25.5 Å². The van der Waals surface area contributed by atoms with Crippen LogP contribution in [-0.4, -0.2) is 15.7 Å². The molecule has 5 nitrogen and oxygen atoms in total. The first-order valence-electron chi connectivity index (χ1n) is 8.73. The second kappa shape index (κ2) is 8.95. The number of carbonyl (C=O) groups excluding carboxylic acids is 1. The number of amides is 1. The highest BCUT2D eigenvalue weighted by Crippen LogP contribution is 2.36. The highest BCUT2D eigenvalue weighted by atomic mass is 79.9. The van der Waals surface area contributed by atoms with Crippen molar-refractivity contribution in [3.05, 3.63) is 61.9 Å². The predicted molar refractivity (Wildman–Crippen MR) is 108 cm³/mol. The Balaban J connectivity index is 1.95. The van der Waals surface area contributed by atoms with E-state index in [1.54, 1.807) is 19.1 Å². The van der Waals surface area contributed by atoms with Crippen LogP contribution in [0.4, 0.5) is 22.0 Å². The average molecular weight is 524 g/mol. The maximum atomic E-state index is 13.5. The molecule has 1 unspecified atom stereocenters. The summed E-state index contributed by atoms with van der Waals surface area (Å²) < 4.78 is 73.1. The Labute approximate surface area is 186 Å². The largest absolute Gasteiger partial charge is 0.438 e. The van der Waals surface area contributed by atoms with Crippen LogP contribution in [0.2, 0.25) is 0 Å². The summed E-state index contributed by atoms with van der Waals surface area (Å²) in [4.78, 5) is 13.6. The van der Waals surface area contributed by atoms with E-state index in [1.165, 1.54) is 24.5 Å². The lowest BCUT2D eigenvalue weighted by molar-refractivity contribution is -0.137. The number of nitrogens with one attached hydrogen (secondary N) is 1. The summed E-state index contributed by atoms with van der Waals surface area (Å²) in [6.07, 6.45) is -7.72. The van der Waals surface area contributed by atoms with Gasteiger partial charge >= 0.3 is 6.18 Å². The number of carbonyl (C=O) groups is 1. The molecule has 166 valence electrons. The standard InChI is InChI=1S/C19H15BrF5N3O2S/c1-9(12-6-7-13(20)31-12)26-17(29)14-15(16(21)22)27-28(2)18(14)30-11-5-3-4-10(8-11)19(23,24)25/h3-9,16H,1-2H3,(H,26,29). The van der Waals surface area contributed by atoms with Crippen LogP contribution in [0.3, 0.4) is 0 Å². The molecule has 1 atom stereocenters. The van der Waals surface area contributed by atoms with Crippen LogP contribution < -0.4 is 10.1 Å². The summed E-state index contributed by atoms with van der Waals surface area (Å²) in [5, 5.41) is 6.24. The first-order chi connectivity index (χ1) is 14.5. The second-order valence-corrected chi connectivity index (χ2v) is 8.95. The van der Waals surface area contributed by atoms with Crippen molar-refractivity contribution in [3.63, 3.8) is 0 Å². The molecule has 0 aliphatic carbocycles. The zero-order chi connectivity index (χ0) is 22.9. The van der Waals surface area contributed by atoms with Crippen molar-refractivity contribution in [1.29, 1.82) is 0 Å². The van der Waals surface area contributed by atoms with Crippen molar-refractivity contribution >= 4 is 33.2 Å². The van der Waals surface area contributed by atoms with Crippen molar-refractivity contribution in [3.8, 4) is 11.6 Å². The topological polar surface area (TPSA) is 56.2 Å². The van der Waals surface area contributed by atoms with Crippen molar-refractivity contribution < 1.29 is 31.5 Å². The molecule has 31 heavy (non-hydrogen) atoms. The van der Waals surface area contributed by atoms with E-state index in [4.69, 9.17) is 4.74 Å². The monoisotopic (exact) mass is 523 g/mol. The SMILES string of the molecule is CC(NC(=O)c1c(C(F)F)nn(C)c1Oc1cccc(C(F)(F)F)c1)c1ccc(Br)s1. The fourth-order valence-corrected chi connectivity index (χ4v) is 4.19. The summed E-state index contributed by atoms with van der Waals surface area (Å²) >= 11 is 4.66. The zero-order valence-corrected chi connectivity index (χ0v) is 18.4. The Morgan fingerprint density at radius 2 is 1.97 bits per heavy atom. The van der Waals surface area contributed by atoms with Crippen molar-refractivity contribution in [2.45, 2.75) is 25.6 Å². The number of hydrogen-bond donors (Lipinski definition) is 1. The van der Waals surface area contributed by atoms with Gasteiger partial charge in [0.15, 0.2) is 0 Å². The highest BCUT2D eigenvalue weighted by molar-refractivity contribution is 9.11. The quantitative estimate of drug-likeness (QED) is 0.376. The number of alkyl halides is 5. The number of thiophene rings is 1. The van der Waals surface area contributed by atoms with Gasteiger partial charge in [-0.1, -0.05) is 6.07 Å². The Bertz CT molecular complexity index is 1100. The van der Waals surface area contributed by atoms with Gasteiger partial charge in [-0.3, -0.25) is 4.79 Å². The third-order valence-electron chi connectivity index (χ3n) is 4.20. The molecule has 0 radical (unpaired) electrons. The first kappa shape index (κ1) is 23.2. The minimum atomic E-state index is -4.62. The molecule has 1 amide bonds. The smallest absolute Gasteiger partial charge is 0.416 e. The van der Waals surface area contributed by atoms with Gasteiger partial charge in [0.2, 0.25) is 5.88 Å². The number of nitrogens with zero attached hydrogens (tertiary/aromatic N) is 2. The lowest BCUT2D eigenvalue weighted by Gasteiger charge is -2.14. The number of hydrogen-bond acceptors (Lipinski definition) is 4. The average Bonchev–Trinajstić information content (AvgIpc) is 3.25. The molecule has 0 fully saturated rings. The molecule has 12 heteroatoms. The van der Waals surface area contributed by atoms with E-state index in [0.29, 0.717) is 6.07 Å².